The fourth-order valence-electron chi connectivity index (χ4n) is 2.37. The van der Waals surface area contributed by atoms with Crippen LogP contribution >= 0.6 is 0 Å². The van der Waals surface area contributed by atoms with E-state index in [1.54, 1.807) is 0 Å². The Morgan fingerprint density at radius 3 is 2.90 bits per heavy atom. The van der Waals surface area contributed by atoms with Crippen molar-refractivity contribution in [3.05, 3.63) is 18.1 Å². The summed E-state index contributed by atoms with van der Waals surface area (Å²) < 4.78 is 0. The highest BCUT2D eigenvalue weighted by atomic mass is 16.1. The predicted molar refractivity (Wildman–Crippen MR) is 77.0 cm³/mol. The normalized spacial score (nSPS) is 16.9. The van der Waals surface area contributed by atoms with Crippen LogP contribution in [0.4, 0.5) is 5.82 Å². The van der Waals surface area contributed by atoms with Gasteiger partial charge in [-0.25, -0.2) is 10.8 Å². The van der Waals surface area contributed by atoms with Gasteiger partial charge in [-0.1, -0.05) is 6.92 Å². The van der Waals surface area contributed by atoms with E-state index >= 15 is 0 Å². The first kappa shape index (κ1) is 14.7. The van der Waals surface area contributed by atoms with Crippen LogP contribution in [0.15, 0.2) is 12.4 Å². The molecule has 7 nitrogen and oxygen atoms in total. The molecule has 1 aliphatic heterocycles. The highest BCUT2D eigenvalue weighted by Crippen LogP contribution is 2.09. The Balaban J connectivity index is 1.78. The molecule has 1 aromatic rings. The summed E-state index contributed by atoms with van der Waals surface area (Å²) in [4.78, 5) is 22.4. The minimum absolute atomic E-state index is 0.220. The fraction of sp³-hybridized carbons (Fsp3) is 0.615. The number of hydrogen-bond acceptors (Lipinski definition) is 6. The van der Waals surface area contributed by atoms with Crippen molar-refractivity contribution in [3.63, 3.8) is 0 Å². The van der Waals surface area contributed by atoms with Gasteiger partial charge in [0.15, 0.2) is 5.82 Å². The Bertz CT molecular complexity index is 446. The molecule has 0 saturated carbocycles. The monoisotopic (exact) mass is 278 g/mol. The van der Waals surface area contributed by atoms with E-state index in [2.05, 4.69) is 32.5 Å². The van der Waals surface area contributed by atoms with Crippen molar-refractivity contribution < 1.29 is 4.79 Å². The highest BCUT2D eigenvalue weighted by Gasteiger charge is 2.16. The molecular formula is C13H22N6O. The molecule has 1 aliphatic rings. The zero-order valence-electron chi connectivity index (χ0n) is 11.8. The van der Waals surface area contributed by atoms with Gasteiger partial charge >= 0.3 is 0 Å². The highest BCUT2D eigenvalue weighted by molar-refractivity contribution is 5.92. The van der Waals surface area contributed by atoms with Gasteiger partial charge in [-0.15, -0.1) is 0 Å². The molecule has 4 N–H and O–H groups in total. The van der Waals surface area contributed by atoms with Crippen LogP contribution in [-0.4, -0.2) is 47.0 Å². The molecule has 1 unspecified atom stereocenters. The molecule has 1 amide bonds. The number of hydrazine groups is 1. The molecule has 110 valence electrons. The number of likely N-dealkylation sites (tertiary alicyclic amines) is 1. The van der Waals surface area contributed by atoms with Gasteiger partial charge in [0.05, 0.1) is 12.4 Å². The first-order chi connectivity index (χ1) is 9.69. The van der Waals surface area contributed by atoms with Crippen molar-refractivity contribution in [1.82, 2.24) is 20.2 Å². The zero-order chi connectivity index (χ0) is 14.4. The van der Waals surface area contributed by atoms with Crippen molar-refractivity contribution in [2.45, 2.75) is 19.8 Å². The van der Waals surface area contributed by atoms with Crippen LogP contribution < -0.4 is 16.6 Å². The van der Waals surface area contributed by atoms with Crippen molar-refractivity contribution in [1.29, 1.82) is 0 Å². The summed E-state index contributed by atoms with van der Waals surface area (Å²) in [5.41, 5.74) is 2.65. The summed E-state index contributed by atoms with van der Waals surface area (Å²) >= 11 is 0. The summed E-state index contributed by atoms with van der Waals surface area (Å²) in [5.74, 6) is 5.82. The van der Waals surface area contributed by atoms with Crippen LogP contribution in [0.25, 0.3) is 0 Å². The van der Waals surface area contributed by atoms with Crippen LogP contribution in [-0.2, 0) is 0 Å². The topological polar surface area (TPSA) is 96.2 Å². The number of carbonyl (C=O) groups is 1. The number of nitrogens with one attached hydrogen (secondary N) is 2. The number of amides is 1. The molecule has 1 atom stereocenters. The van der Waals surface area contributed by atoms with E-state index in [1.807, 2.05) is 0 Å². The van der Waals surface area contributed by atoms with Crippen LogP contribution in [0.5, 0.6) is 0 Å². The van der Waals surface area contributed by atoms with Gasteiger partial charge in [-0.05, 0) is 31.8 Å². The number of anilines is 1. The third kappa shape index (κ3) is 4.14. The van der Waals surface area contributed by atoms with Crippen LogP contribution in [0.1, 0.15) is 30.3 Å². The van der Waals surface area contributed by atoms with E-state index in [-0.39, 0.29) is 11.6 Å². The molecule has 2 rings (SSSR count). The number of aromatic nitrogens is 2. The average Bonchev–Trinajstić information content (AvgIpc) is 2.97. The summed E-state index contributed by atoms with van der Waals surface area (Å²) in [5, 5.41) is 2.89. The van der Waals surface area contributed by atoms with E-state index in [0.29, 0.717) is 18.3 Å². The lowest BCUT2D eigenvalue weighted by Crippen LogP contribution is -2.34. The van der Waals surface area contributed by atoms with Crippen molar-refractivity contribution in [2.75, 3.05) is 31.6 Å². The largest absolute Gasteiger partial charge is 0.350 e. The second kappa shape index (κ2) is 7.16. The smallest absolute Gasteiger partial charge is 0.271 e. The second-order valence-corrected chi connectivity index (χ2v) is 5.26. The molecule has 0 bridgehead atoms. The minimum atomic E-state index is -0.220. The Morgan fingerprint density at radius 1 is 1.45 bits per heavy atom. The van der Waals surface area contributed by atoms with E-state index in [9.17, 15) is 4.79 Å². The van der Waals surface area contributed by atoms with E-state index < -0.39 is 0 Å². The van der Waals surface area contributed by atoms with Gasteiger partial charge in [-0.2, -0.15) is 0 Å². The summed E-state index contributed by atoms with van der Waals surface area (Å²) in [6, 6.07) is 0. The van der Waals surface area contributed by atoms with Gasteiger partial charge in [0.25, 0.3) is 5.91 Å². The quantitative estimate of drug-likeness (QED) is 0.509. The molecule has 0 aromatic carbocycles. The van der Waals surface area contributed by atoms with E-state index in [0.717, 1.165) is 6.54 Å². The number of nitrogens with zero attached hydrogens (tertiary/aromatic N) is 3. The van der Waals surface area contributed by atoms with Crippen LogP contribution in [0, 0.1) is 5.92 Å². The molecule has 20 heavy (non-hydrogen) atoms. The van der Waals surface area contributed by atoms with E-state index in [1.165, 1.54) is 38.3 Å². The lowest BCUT2D eigenvalue weighted by molar-refractivity contribution is 0.0940. The minimum Gasteiger partial charge on any atom is -0.350 e. The van der Waals surface area contributed by atoms with Gasteiger partial charge in [0.2, 0.25) is 0 Å². The van der Waals surface area contributed by atoms with Gasteiger partial charge in [-0.3, -0.25) is 9.78 Å². The first-order valence-corrected chi connectivity index (χ1v) is 6.98. The number of nitrogens with two attached hydrogens (primary N) is 1. The summed E-state index contributed by atoms with van der Waals surface area (Å²) in [6.45, 7) is 6.15. The van der Waals surface area contributed by atoms with Gasteiger partial charge in [0, 0.05) is 13.1 Å². The van der Waals surface area contributed by atoms with Crippen LogP contribution in [0.2, 0.25) is 0 Å². The lowest BCUT2D eigenvalue weighted by Gasteiger charge is -2.20. The first-order valence-electron chi connectivity index (χ1n) is 6.98. The molecule has 1 saturated heterocycles. The molecule has 0 radical (unpaired) electrons. The predicted octanol–water partition coefficient (Wildman–Crippen LogP) is 0.224. The Morgan fingerprint density at radius 2 is 2.20 bits per heavy atom. The van der Waals surface area contributed by atoms with Crippen molar-refractivity contribution in [2.24, 2.45) is 11.8 Å². The SMILES string of the molecule is CC(CNC(=O)c1cncc(NN)n1)CN1CCCC1. The van der Waals surface area contributed by atoms with E-state index in [4.69, 9.17) is 5.84 Å². The average molecular weight is 278 g/mol. The standard InChI is InChI=1S/C13H22N6O/c1-10(9-19-4-2-3-5-19)6-16-13(20)11-7-15-8-12(17-11)18-14/h7-8,10H,2-6,9,14H2,1H3,(H,16,20)(H,17,18). The summed E-state index contributed by atoms with van der Waals surface area (Å²) in [7, 11) is 0. The van der Waals surface area contributed by atoms with Gasteiger partial charge in [0.1, 0.15) is 5.69 Å². The number of hydrogen-bond donors (Lipinski definition) is 3. The number of rotatable bonds is 6. The lowest BCUT2D eigenvalue weighted by atomic mass is 10.1. The third-order valence-electron chi connectivity index (χ3n) is 3.39. The van der Waals surface area contributed by atoms with Crippen molar-refractivity contribution >= 4 is 11.7 Å². The molecule has 1 aromatic heterocycles. The van der Waals surface area contributed by atoms with Crippen molar-refractivity contribution in [3.8, 4) is 0 Å². The molecule has 0 aliphatic carbocycles. The molecular weight excluding hydrogens is 256 g/mol. The fourth-order valence-corrected chi connectivity index (χ4v) is 2.37. The maximum atomic E-state index is 12.0. The summed E-state index contributed by atoms with van der Waals surface area (Å²) in [6.07, 6.45) is 5.47. The third-order valence-corrected chi connectivity index (χ3v) is 3.39. The number of carbonyl (C=O) groups excluding carboxylic acids is 1. The molecule has 7 heteroatoms. The second-order valence-electron chi connectivity index (χ2n) is 5.26. The maximum Gasteiger partial charge on any atom is 0.271 e. The zero-order valence-corrected chi connectivity index (χ0v) is 11.8. The Hall–Kier alpha value is -1.73. The Kier molecular flexibility index (Phi) is 5.25. The van der Waals surface area contributed by atoms with Crippen LogP contribution in [0.3, 0.4) is 0 Å². The molecule has 0 spiro atoms. The molecule has 2 heterocycles. The number of nitrogen functional groups attached to an aromatic ring is 1. The maximum absolute atomic E-state index is 12.0. The Labute approximate surface area is 118 Å². The van der Waals surface area contributed by atoms with Gasteiger partial charge < -0.3 is 15.6 Å². The molecule has 1 fully saturated rings.